The average Bonchev–Trinajstić information content (AvgIpc) is 2.71. The predicted octanol–water partition coefficient (Wildman–Crippen LogP) is 2.88. The number of anilines is 1. The molecule has 1 aliphatic rings. The van der Waals surface area contributed by atoms with Crippen LogP contribution in [0, 0.1) is 0 Å². The van der Waals surface area contributed by atoms with E-state index in [0.29, 0.717) is 17.2 Å². The van der Waals surface area contributed by atoms with Gasteiger partial charge in [0.05, 0.1) is 25.6 Å². The molecule has 1 atom stereocenters. The van der Waals surface area contributed by atoms with Gasteiger partial charge in [-0.15, -0.1) is 0 Å². The van der Waals surface area contributed by atoms with E-state index in [1.54, 1.807) is 27.2 Å². The average molecular weight is 310 g/mol. The number of fused-ring (bicyclic) bond motifs is 1. The highest BCUT2D eigenvalue weighted by Gasteiger charge is 2.24. The minimum Gasteiger partial charge on any atom is -0.493 e. The summed E-state index contributed by atoms with van der Waals surface area (Å²) in [5.41, 5.74) is 3.18. The molecule has 0 bridgehead atoms. The van der Waals surface area contributed by atoms with E-state index in [1.807, 2.05) is 36.4 Å². The van der Waals surface area contributed by atoms with Gasteiger partial charge in [0.15, 0.2) is 11.5 Å². The maximum atomic E-state index is 12.2. The maximum absolute atomic E-state index is 12.2. The largest absolute Gasteiger partial charge is 0.493 e. The van der Waals surface area contributed by atoms with Gasteiger partial charge in [-0.1, -0.05) is 30.3 Å². The molecule has 0 fully saturated rings. The fourth-order valence-electron chi connectivity index (χ4n) is 2.56. The number of aliphatic imine (C=N–C) groups is 1. The van der Waals surface area contributed by atoms with E-state index in [9.17, 15) is 4.79 Å². The van der Waals surface area contributed by atoms with Crippen molar-refractivity contribution in [3.05, 3.63) is 53.6 Å². The Bertz CT molecular complexity index is 769. The Morgan fingerprint density at radius 3 is 2.35 bits per heavy atom. The Morgan fingerprint density at radius 2 is 1.70 bits per heavy atom. The van der Waals surface area contributed by atoms with Crippen LogP contribution in [-0.4, -0.2) is 31.9 Å². The zero-order valence-electron chi connectivity index (χ0n) is 13.3. The first-order valence-corrected chi connectivity index (χ1v) is 7.34. The minimum atomic E-state index is -0.477. The molecule has 1 heterocycles. The molecule has 5 nitrogen and oxygen atoms in total. The molecule has 1 amide bonds. The Balaban J connectivity index is 2.24. The van der Waals surface area contributed by atoms with Gasteiger partial charge >= 0.3 is 0 Å². The lowest BCUT2D eigenvalue weighted by atomic mass is 10.00. The lowest BCUT2D eigenvalue weighted by molar-refractivity contribution is -0.116. The number of ether oxygens (including phenoxy) is 2. The Labute approximate surface area is 135 Å². The Hall–Kier alpha value is -2.82. The van der Waals surface area contributed by atoms with Gasteiger partial charge in [-0.3, -0.25) is 9.79 Å². The third-order valence-electron chi connectivity index (χ3n) is 3.79. The molecule has 1 unspecified atom stereocenters. The first-order valence-electron chi connectivity index (χ1n) is 7.34. The van der Waals surface area contributed by atoms with Crippen LogP contribution in [-0.2, 0) is 4.79 Å². The summed E-state index contributed by atoms with van der Waals surface area (Å²) >= 11 is 0. The van der Waals surface area contributed by atoms with Crippen LogP contribution in [0.25, 0.3) is 0 Å². The second-order valence-corrected chi connectivity index (χ2v) is 5.26. The molecule has 0 spiro atoms. The van der Waals surface area contributed by atoms with Crippen LogP contribution in [0.5, 0.6) is 11.5 Å². The van der Waals surface area contributed by atoms with E-state index in [-0.39, 0.29) is 5.91 Å². The fraction of sp³-hybridized carbons (Fsp3) is 0.222. The molecule has 23 heavy (non-hydrogen) atoms. The number of amides is 1. The number of hydrogen-bond acceptors (Lipinski definition) is 4. The fourth-order valence-corrected chi connectivity index (χ4v) is 2.56. The molecule has 1 N–H and O–H groups in total. The molecule has 2 aromatic rings. The van der Waals surface area contributed by atoms with Crippen LogP contribution in [0.2, 0.25) is 0 Å². The third-order valence-corrected chi connectivity index (χ3v) is 3.79. The van der Waals surface area contributed by atoms with Crippen molar-refractivity contribution in [1.29, 1.82) is 0 Å². The topological polar surface area (TPSA) is 59.9 Å². The van der Waals surface area contributed by atoms with Gasteiger partial charge in [0.2, 0.25) is 5.91 Å². The van der Waals surface area contributed by atoms with Crippen LogP contribution >= 0.6 is 0 Å². The van der Waals surface area contributed by atoms with Crippen LogP contribution in [0.1, 0.15) is 18.1 Å². The van der Waals surface area contributed by atoms with Crippen LogP contribution in [0.3, 0.4) is 0 Å². The zero-order valence-corrected chi connectivity index (χ0v) is 13.3. The number of carbonyl (C=O) groups is 1. The smallest absolute Gasteiger partial charge is 0.248 e. The lowest BCUT2D eigenvalue weighted by Crippen LogP contribution is -2.22. The van der Waals surface area contributed by atoms with Gasteiger partial charge in [0.1, 0.15) is 6.04 Å². The molecule has 5 heteroatoms. The number of benzodiazepines with no additional fused rings is 1. The molecule has 1 aliphatic heterocycles. The van der Waals surface area contributed by atoms with E-state index in [2.05, 4.69) is 10.3 Å². The lowest BCUT2D eigenvalue weighted by Gasteiger charge is -2.15. The summed E-state index contributed by atoms with van der Waals surface area (Å²) in [5, 5.41) is 2.91. The number of methoxy groups -OCH3 is 2. The number of hydrogen-bond donors (Lipinski definition) is 1. The molecule has 2 aromatic carbocycles. The highest BCUT2D eigenvalue weighted by Crippen LogP contribution is 2.36. The van der Waals surface area contributed by atoms with Crippen molar-refractivity contribution < 1.29 is 14.3 Å². The molecule has 0 aliphatic carbocycles. The molecule has 0 aromatic heterocycles. The van der Waals surface area contributed by atoms with Crippen molar-refractivity contribution in [2.45, 2.75) is 13.0 Å². The minimum absolute atomic E-state index is 0.149. The van der Waals surface area contributed by atoms with Crippen LogP contribution < -0.4 is 14.8 Å². The SMILES string of the molecule is COc1cc2c(cc1OC)C(c1ccccc1)=NC(C)C(=O)N2. The van der Waals surface area contributed by atoms with E-state index in [1.165, 1.54) is 0 Å². The van der Waals surface area contributed by atoms with Crippen molar-refractivity contribution in [2.75, 3.05) is 19.5 Å². The quantitative estimate of drug-likeness (QED) is 0.948. The number of carbonyl (C=O) groups excluding carboxylic acids is 1. The maximum Gasteiger partial charge on any atom is 0.248 e. The standard InChI is InChI=1S/C18H18N2O3/c1-11-18(21)20-14-10-16(23-3)15(22-2)9-13(14)17(19-11)12-7-5-4-6-8-12/h4-11H,1-3H3,(H,20,21). The molecule has 0 radical (unpaired) electrons. The van der Waals surface area contributed by atoms with Crippen LogP contribution in [0.4, 0.5) is 5.69 Å². The van der Waals surface area contributed by atoms with E-state index in [4.69, 9.17) is 9.47 Å². The molecular weight excluding hydrogens is 292 g/mol. The van der Waals surface area contributed by atoms with Gasteiger partial charge in [0.25, 0.3) is 0 Å². The molecular formula is C18H18N2O3. The molecule has 0 saturated heterocycles. The van der Waals surface area contributed by atoms with Crippen molar-refractivity contribution in [3.8, 4) is 11.5 Å². The number of benzene rings is 2. The van der Waals surface area contributed by atoms with E-state index < -0.39 is 6.04 Å². The molecule has 118 valence electrons. The summed E-state index contributed by atoms with van der Waals surface area (Å²) in [7, 11) is 3.15. The van der Waals surface area contributed by atoms with Crippen molar-refractivity contribution >= 4 is 17.3 Å². The second-order valence-electron chi connectivity index (χ2n) is 5.26. The number of rotatable bonds is 3. The first-order chi connectivity index (χ1) is 11.1. The van der Waals surface area contributed by atoms with Gasteiger partial charge < -0.3 is 14.8 Å². The normalized spacial score (nSPS) is 16.7. The Morgan fingerprint density at radius 1 is 1.04 bits per heavy atom. The summed E-state index contributed by atoms with van der Waals surface area (Å²) in [4.78, 5) is 16.8. The van der Waals surface area contributed by atoms with Crippen molar-refractivity contribution in [2.24, 2.45) is 4.99 Å². The highest BCUT2D eigenvalue weighted by atomic mass is 16.5. The van der Waals surface area contributed by atoms with Crippen LogP contribution in [0.15, 0.2) is 47.5 Å². The summed E-state index contributed by atoms with van der Waals surface area (Å²) in [6, 6.07) is 12.9. The second kappa shape index (κ2) is 6.12. The Kier molecular flexibility index (Phi) is 4.02. The summed E-state index contributed by atoms with van der Waals surface area (Å²) < 4.78 is 10.7. The zero-order chi connectivity index (χ0) is 16.4. The summed E-state index contributed by atoms with van der Waals surface area (Å²) in [6.45, 7) is 1.78. The van der Waals surface area contributed by atoms with E-state index in [0.717, 1.165) is 16.8 Å². The van der Waals surface area contributed by atoms with Crippen molar-refractivity contribution in [3.63, 3.8) is 0 Å². The van der Waals surface area contributed by atoms with E-state index >= 15 is 0 Å². The molecule has 0 saturated carbocycles. The predicted molar refractivity (Wildman–Crippen MR) is 89.7 cm³/mol. The van der Waals surface area contributed by atoms with Gasteiger partial charge in [-0.2, -0.15) is 0 Å². The van der Waals surface area contributed by atoms with Gasteiger partial charge in [0, 0.05) is 17.2 Å². The number of nitrogens with one attached hydrogen (secondary N) is 1. The first kappa shape index (κ1) is 15.1. The summed E-state index contributed by atoms with van der Waals surface area (Å²) in [5.74, 6) is 1.01. The van der Waals surface area contributed by atoms with Crippen molar-refractivity contribution in [1.82, 2.24) is 0 Å². The monoisotopic (exact) mass is 310 g/mol. The summed E-state index contributed by atoms with van der Waals surface area (Å²) in [6.07, 6.45) is 0. The molecule has 3 rings (SSSR count). The third kappa shape index (κ3) is 2.77. The van der Waals surface area contributed by atoms with Gasteiger partial charge in [-0.05, 0) is 13.0 Å². The van der Waals surface area contributed by atoms with Gasteiger partial charge in [-0.25, -0.2) is 0 Å². The number of nitrogens with zero attached hydrogens (tertiary/aromatic N) is 1. The highest BCUT2D eigenvalue weighted by molar-refractivity contribution is 6.20.